The first kappa shape index (κ1) is 19.4. The summed E-state index contributed by atoms with van der Waals surface area (Å²) in [6.45, 7) is 10.4. The van der Waals surface area contributed by atoms with Crippen molar-refractivity contribution in [3.8, 4) is 0 Å². The zero-order valence-corrected chi connectivity index (χ0v) is 16.3. The molecule has 3 amide bonds. The standard InChI is InChI=1S/C19H34N4O3/c1-19(2,23-8-4-3-5-9-23)15-20-18(25)22-12-10-21(11-13-22)17(24)16-7-6-14-26-16/h16H,3-15H2,1-2H3,(H,20,25). The molecule has 0 spiro atoms. The molecular weight excluding hydrogens is 332 g/mol. The van der Waals surface area contributed by atoms with Gasteiger partial charge in [0.25, 0.3) is 5.91 Å². The zero-order chi connectivity index (χ0) is 18.6. The van der Waals surface area contributed by atoms with E-state index in [1.54, 1.807) is 0 Å². The van der Waals surface area contributed by atoms with Gasteiger partial charge >= 0.3 is 6.03 Å². The molecule has 0 aromatic rings. The molecule has 0 aliphatic carbocycles. The van der Waals surface area contributed by atoms with Crippen LogP contribution in [0.1, 0.15) is 46.0 Å². The molecule has 3 aliphatic heterocycles. The fourth-order valence-electron chi connectivity index (χ4n) is 4.12. The smallest absolute Gasteiger partial charge is 0.317 e. The maximum Gasteiger partial charge on any atom is 0.317 e. The van der Waals surface area contributed by atoms with Crippen LogP contribution in [-0.2, 0) is 9.53 Å². The monoisotopic (exact) mass is 366 g/mol. The van der Waals surface area contributed by atoms with Crippen molar-refractivity contribution in [3.63, 3.8) is 0 Å². The van der Waals surface area contributed by atoms with Crippen molar-refractivity contribution in [1.29, 1.82) is 0 Å². The largest absolute Gasteiger partial charge is 0.368 e. The van der Waals surface area contributed by atoms with E-state index in [4.69, 9.17) is 4.74 Å². The fourth-order valence-corrected chi connectivity index (χ4v) is 4.12. The summed E-state index contributed by atoms with van der Waals surface area (Å²) in [5, 5.41) is 3.11. The molecule has 1 N–H and O–H groups in total. The number of piperidine rings is 1. The molecule has 0 aromatic carbocycles. The Bertz CT molecular complexity index is 491. The molecule has 3 heterocycles. The van der Waals surface area contributed by atoms with Crippen LogP contribution in [0.5, 0.6) is 0 Å². The number of urea groups is 1. The minimum Gasteiger partial charge on any atom is -0.368 e. The fraction of sp³-hybridized carbons (Fsp3) is 0.895. The van der Waals surface area contributed by atoms with Crippen LogP contribution in [0.4, 0.5) is 4.79 Å². The van der Waals surface area contributed by atoms with Crippen LogP contribution >= 0.6 is 0 Å². The summed E-state index contributed by atoms with van der Waals surface area (Å²) in [4.78, 5) is 31.1. The number of likely N-dealkylation sites (tertiary alicyclic amines) is 1. The first-order valence-electron chi connectivity index (χ1n) is 10.2. The van der Waals surface area contributed by atoms with Crippen LogP contribution in [0, 0.1) is 0 Å². The Morgan fingerprint density at radius 1 is 0.962 bits per heavy atom. The number of nitrogens with zero attached hydrogens (tertiary/aromatic N) is 3. The first-order chi connectivity index (χ1) is 12.5. The van der Waals surface area contributed by atoms with E-state index >= 15 is 0 Å². The van der Waals surface area contributed by atoms with Crippen molar-refractivity contribution >= 4 is 11.9 Å². The summed E-state index contributed by atoms with van der Waals surface area (Å²) >= 11 is 0. The van der Waals surface area contributed by atoms with Crippen LogP contribution in [0.2, 0.25) is 0 Å². The third-order valence-electron chi connectivity index (χ3n) is 5.97. The number of piperazine rings is 1. The number of ether oxygens (including phenoxy) is 1. The van der Waals surface area contributed by atoms with Crippen molar-refractivity contribution in [1.82, 2.24) is 20.0 Å². The molecule has 3 rings (SSSR count). The molecule has 1 unspecified atom stereocenters. The lowest BCUT2D eigenvalue weighted by Crippen LogP contribution is -2.58. The van der Waals surface area contributed by atoms with E-state index in [9.17, 15) is 9.59 Å². The van der Waals surface area contributed by atoms with Gasteiger partial charge in [-0.15, -0.1) is 0 Å². The van der Waals surface area contributed by atoms with Gasteiger partial charge in [-0.2, -0.15) is 0 Å². The second kappa shape index (κ2) is 8.57. The molecular formula is C19H34N4O3. The molecule has 3 fully saturated rings. The summed E-state index contributed by atoms with van der Waals surface area (Å²) in [6.07, 6.45) is 5.33. The van der Waals surface area contributed by atoms with E-state index in [0.29, 0.717) is 39.3 Å². The van der Waals surface area contributed by atoms with Crippen LogP contribution in [-0.4, -0.2) is 90.7 Å². The third kappa shape index (κ3) is 4.68. The van der Waals surface area contributed by atoms with Gasteiger partial charge in [-0.1, -0.05) is 6.42 Å². The van der Waals surface area contributed by atoms with Crippen molar-refractivity contribution in [2.45, 2.75) is 57.6 Å². The summed E-state index contributed by atoms with van der Waals surface area (Å²) in [5.74, 6) is 0.0915. The SMILES string of the molecule is CC(C)(CNC(=O)N1CCN(C(=O)C2CCCO2)CC1)N1CCCCC1. The van der Waals surface area contributed by atoms with Crippen LogP contribution in [0.25, 0.3) is 0 Å². The second-order valence-electron chi connectivity index (χ2n) is 8.33. The van der Waals surface area contributed by atoms with Crippen molar-refractivity contribution in [2.75, 3.05) is 52.4 Å². The maximum absolute atomic E-state index is 12.5. The third-order valence-corrected chi connectivity index (χ3v) is 5.97. The average Bonchev–Trinajstić information content (AvgIpc) is 3.21. The number of rotatable bonds is 4. The Balaban J connectivity index is 1.41. The number of nitrogens with one attached hydrogen (secondary N) is 1. The summed E-state index contributed by atoms with van der Waals surface area (Å²) in [6, 6.07) is -0.0145. The van der Waals surface area contributed by atoms with Crippen LogP contribution in [0.15, 0.2) is 0 Å². The van der Waals surface area contributed by atoms with Gasteiger partial charge in [-0.3, -0.25) is 9.69 Å². The van der Waals surface area contributed by atoms with Gasteiger partial charge in [0.05, 0.1) is 0 Å². The van der Waals surface area contributed by atoms with E-state index < -0.39 is 0 Å². The predicted molar refractivity (Wildman–Crippen MR) is 100 cm³/mol. The van der Waals surface area contributed by atoms with E-state index in [2.05, 4.69) is 24.1 Å². The normalized spacial score (nSPS) is 25.4. The summed E-state index contributed by atoms with van der Waals surface area (Å²) < 4.78 is 5.49. The van der Waals surface area contributed by atoms with Gasteiger partial charge in [0, 0.05) is 44.9 Å². The van der Waals surface area contributed by atoms with E-state index in [1.807, 2.05) is 9.80 Å². The molecule has 26 heavy (non-hydrogen) atoms. The lowest BCUT2D eigenvalue weighted by Gasteiger charge is -2.42. The molecule has 3 saturated heterocycles. The topological polar surface area (TPSA) is 65.1 Å². The highest BCUT2D eigenvalue weighted by atomic mass is 16.5. The Hall–Kier alpha value is -1.34. The maximum atomic E-state index is 12.5. The van der Waals surface area contributed by atoms with Crippen molar-refractivity contribution in [3.05, 3.63) is 0 Å². The molecule has 7 heteroatoms. The predicted octanol–water partition coefficient (Wildman–Crippen LogP) is 1.28. The highest BCUT2D eigenvalue weighted by molar-refractivity contribution is 5.81. The minimum atomic E-state index is -0.263. The second-order valence-corrected chi connectivity index (χ2v) is 8.33. The number of carbonyl (C=O) groups is 2. The minimum absolute atomic E-state index is 0.0145. The van der Waals surface area contributed by atoms with Crippen molar-refractivity contribution in [2.24, 2.45) is 0 Å². The molecule has 3 aliphatic rings. The highest BCUT2D eigenvalue weighted by Crippen LogP contribution is 2.20. The Morgan fingerprint density at radius 2 is 1.62 bits per heavy atom. The summed E-state index contributed by atoms with van der Waals surface area (Å²) in [5.41, 5.74) is -0.0202. The van der Waals surface area contributed by atoms with E-state index in [1.165, 1.54) is 19.3 Å². The first-order valence-corrected chi connectivity index (χ1v) is 10.2. The molecule has 0 aromatic heterocycles. The quantitative estimate of drug-likeness (QED) is 0.814. The molecule has 148 valence electrons. The summed E-state index contributed by atoms with van der Waals surface area (Å²) in [7, 11) is 0. The van der Waals surface area contributed by atoms with Gasteiger partial charge < -0.3 is 19.9 Å². The van der Waals surface area contributed by atoms with Crippen LogP contribution in [0.3, 0.4) is 0 Å². The van der Waals surface area contributed by atoms with E-state index in [0.717, 1.165) is 25.9 Å². The molecule has 1 atom stereocenters. The zero-order valence-electron chi connectivity index (χ0n) is 16.3. The number of hydrogen-bond donors (Lipinski definition) is 1. The molecule has 0 bridgehead atoms. The Labute approximate surface area is 157 Å². The number of amides is 3. The van der Waals surface area contributed by atoms with Gasteiger partial charge in [0.2, 0.25) is 0 Å². The molecule has 7 nitrogen and oxygen atoms in total. The van der Waals surface area contributed by atoms with Gasteiger partial charge in [0.15, 0.2) is 0 Å². The van der Waals surface area contributed by atoms with Gasteiger partial charge in [-0.05, 0) is 52.6 Å². The van der Waals surface area contributed by atoms with Crippen molar-refractivity contribution < 1.29 is 14.3 Å². The Kier molecular flexibility index (Phi) is 6.40. The number of carbonyl (C=O) groups excluding carboxylic acids is 2. The molecule has 0 saturated carbocycles. The van der Waals surface area contributed by atoms with Gasteiger partial charge in [0.1, 0.15) is 6.10 Å². The Morgan fingerprint density at radius 3 is 2.23 bits per heavy atom. The highest BCUT2D eigenvalue weighted by Gasteiger charge is 2.32. The lowest BCUT2D eigenvalue weighted by molar-refractivity contribution is -0.142. The number of hydrogen-bond acceptors (Lipinski definition) is 4. The van der Waals surface area contributed by atoms with Gasteiger partial charge in [-0.25, -0.2) is 4.79 Å². The average molecular weight is 367 g/mol. The van der Waals surface area contributed by atoms with Crippen LogP contribution < -0.4 is 5.32 Å². The van der Waals surface area contributed by atoms with E-state index in [-0.39, 0.29) is 23.6 Å². The lowest BCUT2D eigenvalue weighted by atomic mass is 9.98. The molecule has 0 radical (unpaired) electrons.